The monoisotopic (exact) mass is 249 g/mol. The van der Waals surface area contributed by atoms with E-state index in [4.69, 9.17) is 0 Å². The summed E-state index contributed by atoms with van der Waals surface area (Å²) in [6.45, 7) is 7.16. The number of ketones is 1. The number of amides is 1. The Morgan fingerprint density at radius 1 is 1.33 bits per heavy atom. The fourth-order valence-corrected chi connectivity index (χ4v) is 1.63. The fraction of sp³-hybridized carbons (Fsp3) is 0.538. The van der Waals surface area contributed by atoms with Gasteiger partial charge in [-0.25, -0.2) is 0 Å². The minimum atomic E-state index is -0.472. The van der Waals surface area contributed by atoms with Gasteiger partial charge in [0, 0.05) is 6.42 Å². The molecule has 5 heteroatoms. The quantitative estimate of drug-likeness (QED) is 0.857. The van der Waals surface area contributed by atoms with Crippen molar-refractivity contribution in [2.45, 2.75) is 46.6 Å². The molecule has 0 aliphatic carbocycles. The summed E-state index contributed by atoms with van der Waals surface area (Å²) in [6, 6.07) is 1.23. The van der Waals surface area contributed by atoms with Crippen LogP contribution in [0.5, 0.6) is 0 Å². The molecule has 0 saturated carbocycles. The van der Waals surface area contributed by atoms with Crippen LogP contribution < -0.4 is 5.32 Å². The molecule has 0 aliphatic rings. The Morgan fingerprint density at radius 3 is 2.56 bits per heavy atom. The zero-order chi connectivity index (χ0) is 13.7. The highest BCUT2D eigenvalue weighted by Crippen LogP contribution is 2.08. The lowest BCUT2D eigenvalue weighted by Gasteiger charge is -2.13. The molecule has 1 amide bonds. The van der Waals surface area contributed by atoms with Gasteiger partial charge in [-0.2, -0.15) is 10.2 Å². The highest BCUT2D eigenvalue weighted by molar-refractivity contribution is 5.98. The predicted molar refractivity (Wildman–Crippen MR) is 68.4 cm³/mol. The number of hydrogen-bond acceptors (Lipinski definition) is 4. The number of rotatable bonds is 5. The molecule has 1 atom stereocenters. The first-order chi connectivity index (χ1) is 8.49. The summed E-state index contributed by atoms with van der Waals surface area (Å²) in [5.41, 5.74) is 1.84. The van der Waals surface area contributed by atoms with E-state index in [2.05, 4.69) is 15.5 Å². The number of aromatic nitrogens is 2. The Bertz CT molecular complexity index is 458. The van der Waals surface area contributed by atoms with E-state index in [9.17, 15) is 9.59 Å². The van der Waals surface area contributed by atoms with Gasteiger partial charge in [0.05, 0.1) is 23.0 Å². The van der Waals surface area contributed by atoms with Gasteiger partial charge < -0.3 is 5.32 Å². The number of carbonyl (C=O) groups is 2. The number of carbonyl (C=O) groups excluding carboxylic acids is 2. The maximum Gasteiger partial charge on any atom is 0.253 e. The van der Waals surface area contributed by atoms with Gasteiger partial charge in [0.25, 0.3) is 5.91 Å². The molecule has 98 valence electrons. The normalized spacial score (nSPS) is 12.0. The zero-order valence-corrected chi connectivity index (χ0v) is 11.3. The summed E-state index contributed by atoms with van der Waals surface area (Å²) >= 11 is 0. The Morgan fingerprint density at radius 2 is 2.00 bits per heavy atom. The van der Waals surface area contributed by atoms with E-state index < -0.39 is 6.04 Å². The molecule has 1 aromatic rings. The summed E-state index contributed by atoms with van der Waals surface area (Å²) in [6.07, 6.45) is 1.04. The van der Waals surface area contributed by atoms with Crippen molar-refractivity contribution >= 4 is 11.7 Å². The number of aryl methyl sites for hydroxylation is 2. The van der Waals surface area contributed by atoms with Crippen LogP contribution in [0.4, 0.5) is 0 Å². The average Bonchev–Trinajstić information content (AvgIpc) is 2.37. The molecule has 0 spiro atoms. The van der Waals surface area contributed by atoms with Crippen molar-refractivity contribution in [2.24, 2.45) is 0 Å². The molecule has 0 radical (unpaired) electrons. The molecule has 0 aromatic carbocycles. The summed E-state index contributed by atoms with van der Waals surface area (Å²) in [5, 5.41) is 10.6. The molecule has 0 fully saturated rings. The van der Waals surface area contributed by atoms with E-state index in [1.54, 1.807) is 26.8 Å². The fourth-order valence-electron chi connectivity index (χ4n) is 1.63. The van der Waals surface area contributed by atoms with Gasteiger partial charge >= 0.3 is 0 Å². The first-order valence-corrected chi connectivity index (χ1v) is 6.16. The molecule has 1 aromatic heterocycles. The molecule has 0 aliphatic heterocycles. The molecule has 1 N–H and O–H groups in total. The Labute approximate surface area is 107 Å². The van der Waals surface area contributed by atoms with Crippen LogP contribution >= 0.6 is 0 Å². The molecule has 0 bridgehead atoms. The first-order valence-electron chi connectivity index (χ1n) is 6.16. The van der Waals surface area contributed by atoms with Crippen LogP contribution in [0.3, 0.4) is 0 Å². The minimum absolute atomic E-state index is 0.0140. The van der Waals surface area contributed by atoms with E-state index in [0.717, 1.165) is 0 Å². The summed E-state index contributed by atoms with van der Waals surface area (Å²) in [4.78, 5) is 23.5. The lowest BCUT2D eigenvalue weighted by atomic mass is 10.1. The SMILES string of the molecule is CCC(=O)C(C)NC(=O)c1cc(C)nnc1CC. The molecule has 1 unspecified atom stereocenters. The average molecular weight is 249 g/mol. The molecule has 18 heavy (non-hydrogen) atoms. The van der Waals surface area contributed by atoms with Crippen LogP contribution in [-0.4, -0.2) is 27.9 Å². The third-order valence-electron chi connectivity index (χ3n) is 2.75. The van der Waals surface area contributed by atoms with Crippen molar-refractivity contribution in [3.8, 4) is 0 Å². The van der Waals surface area contributed by atoms with E-state index in [-0.39, 0.29) is 11.7 Å². The van der Waals surface area contributed by atoms with Gasteiger partial charge in [0.1, 0.15) is 0 Å². The molecule has 5 nitrogen and oxygen atoms in total. The highest BCUT2D eigenvalue weighted by atomic mass is 16.2. The molecule has 1 heterocycles. The number of nitrogens with zero attached hydrogens (tertiary/aromatic N) is 2. The minimum Gasteiger partial charge on any atom is -0.342 e. The van der Waals surface area contributed by atoms with Gasteiger partial charge in [0.2, 0.25) is 0 Å². The Balaban J connectivity index is 2.90. The summed E-state index contributed by atoms with van der Waals surface area (Å²) in [7, 11) is 0. The largest absolute Gasteiger partial charge is 0.342 e. The van der Waals surface area contributed by atoms with Crippen molar-refractivity contribution in [1.29, 1.82) is 0 Å². The second-order valence-electron chi connectivity index (χ2n) is 4.21. The molecular formula is C13H19N3O2. The standard InChI is InChI=1S/C13H19N3O2/c1-5-11-10(7-8(3)15-16-11)13(18)14-9(4)12(17)6-2/h7,9H,5-6H2,1-4H3,(H,14,18). The second-order valence-corrected chi connectivity index (χ2v) is 4.21. The van der Waals surface area contributed by atoms with Crippen LogP contribution in [0.2, 0.25) is 0 Å². The van der Waals surface area contributed by atoms with Crippen LogP contribution in [0.25, 0.3) is 0 Å². The lowest BCUT2D eigenvalue weighted by Crippen LogP contribution is -2.38. The third kappa shape index (κ3) is 3.35. The zero-order valence-electron chi connectivity index (χ0n) is 11.3. The van der Waals surface area contributed by atoms with E-state index >= 15 is 0 Å². The smallest absolute Gasteiger partial charge is 0.253 e. The number of nitrogens with one attached hydrogen (secondary N) is 1. The maximum atomic E-state index is 12.1. The number of hydrogen-bond donors (Lipinski definition) is 1. The molecule has 1 rings (SSSR count). The Kier molecular flexibility index (Phi) is 4.95. The summed E-state index contributed by atoms with van der Waals surface area (Å²) < 4.78 is 0. The lowest BCUT2D eigenvalue weighted by molar-refractivity contribution is -0.120. The highest BCUT2D eigenvalue weighted by Gasteiger charge is 2.18. The van der Waals surface area contributed by atoms with Crippen molar-refractivity contribution in [2.75, 3.05) is 0 Å². The van der Waals surface area contributed by atoms with E-state index in [1.165, 1.54) is 0 Å². The van der Waals surface area contributed by atoms with Gasteiger partial charge in [-0.1, -0.05) is 13.8 Å². The third-order valence-corrected chi connectivity index (χ3v) is 2.75. The van der Waals surface area contributed by atoms with Crippen LogP contribution in [0, 0.1) is 6.92 Å². The van der Waals surface area contributed by atoms with Crippen LogP contribution in [0.15, 0.2) is 6.07 Å². The molecular weight excluding hydrogens is 230 g/mol. The predicted octanol–water partition coefficient (Wildman–Crippen LogP) is 1.44. The van der Waals surface area contributed by atoms with Crippen LogP contribution in [-0.2, 0) is 11.2 Å². The summed E-state index contributed by atoms with van der Waals surface area (Å²) in [5.74, 6) is -0.251. The van der Waals surface area contributed by atoms with Gasteiger partial charge in [-0.15, -0.1) is 0 Å². The number of Topliss-reactive ketones (excluding diaryl/α,β-unsaturated/α-hetero) is 1. The molecule has 0 saturated heterocycles. The maximum absolute atomic E-state index is 12.1. The van der Waals surface area contributed by atoms with Crippen molar-refractivity contribution in [3.05, 3.63) is 23.0 Å². The van der Waals surface area contributed by atoms with E-state index in [1.807, 2.05) is 6.92 Å². The topological polar surface area (TPSA) is 72.0 Å². The Hall–Kier alpha value is -1.78. The van der Waals surface area contributed by atoms with Gasteiger partial charge in [0.15, 0.2) is 5.78 Å². The van der Waals surface area contributed by atoms with Crippen molar-refractivity contribution < 1.29 is 9.59 Å². The van der Waals surface area contributed by atoms with Gasteiger partial charge in [-0.3, -0.25) is 9.59 Å². The van der Waals surface area contributed by atoms with E-state index in [0.29, 0.717) is 29.8 Å². The first kappa shape index (κ1) is 14.3. The van der Waals surface area contributed by atoms with Crippen molar-refractivity contribution in [3.63, 3.8) is 0 Å². The van der Waals surface area contributed by atoms with Gasteiger partial charge in [-0.05, 0) is 26.3 Å². The van der Waals surface area contributed by atoms with Crippen molar-refractivity contribution in [1.82, 2.24) is 15.5 Å². The van der Waals surface area contributed by atoms with Crippen LogP contribution in [0.1, 0.15) is 48.9 Å². The second kappa shape index (κ2) is 6.23.